The second kappa shape index (κ2) is 6.26. The highest BCUT2D eigenvalue weighted by atomic mass is 16.4. The molecule has 1 saturated heterocycles. The predicted octanol–water partition coefficient (Wildman–Crippen LogP) is 2.03. The molecule has 108 valence electrons. The maximum atomic E-state index is 12.5. The molecule has 1 N–H and O–H groups in total. The van der Waals surface area contributed by atoms with E-state index in [4.69, 9.17) is 5.11 Å². The van der Waals surface area contributed by atoms with E-state index in [2.05, 4.69) is 6.92 Å². The molecule has 2 aliphatic rings. The highest BCUT2D eigenvalue weighted by Crippen LogP contribution is 2.30. The van der Waals surface area contributed by atoms with Gasteiger partial charge < -0.3 is 14.9 Å². The van der Waals surface area contributed by atoms with Crippen molar-refractivity contribution in [2.45, 2.75) is 39.0 Å². The molecule has 5 nitrogen and oxygen atoms in total. The summed E-state index contributed by atoms with van der Waals surface area (Å²) in [4.78, 5) is 27.2. The minimum atomic E-state index is -0.776. The molecule has 5 heteroatoms. The van der Waals surface area contributed by atoms with Gasteiger partial charge in [-0.05, 0) is 38.0 Å². The minimum Gasteiger partial charge on any atom is -0.481 e. The number of nitrogens with zero attached hydrogens (tertiary/aromatic N) is 2. The SMILES string of the molecule is CCCN(CC1CC1)C(=O)N1CCC[C@H](C(=O)O)C1. The first-order chi connectivity index (χ1) is 9.11. The number of aliphatic carboxylic acids is 1. The van der Waals surface area contributed by atoms with Gasteiger partial charge in [0.1, 0.15) is 0 Å². The molecule has 1 aliphatic carbocycles. The van der Waals surface area contributed by atoms with Gasteiger partial charge in [-0.2, -0.15) is 0 Å². The van der Waals surface area contributed by atoms with E-state index in [0.29, 0.717) is 25.4 Å². The highest BCUT2D eigenvalue weighted by Gasteiger charge is 2.32. The molecule has 0 radical (unpaired) electrons. The zero-order valence-corrected chi connectivity index (χ0v) is 11.7. The van der Waals surface area contributed by atoms with Gasteiger partial charge in [-0.3, -0.25) is 4.79 Å². The number of amides is 2. The number of urea groups is 1. The summed E-state index contributed by atoms with van der Waals surface area (Å²) < 4.78 is 0. The maximum absolute atomic E-state index is 12.5. The van der Waals surface area contributed by atoms with Crippen LogP contribution in [0.25, 0.3) is 0 Å². The quantitative estimate of drug-likeness (QED) is 0.830. The number of hydrogen-bond donors (Lipinski definition) is 1. The van der Waals surface area contributed by atoms with Crippen LogP contribution in [0.3, 0.4) is 0 Å². The Morgan fingerprint density at radius 2 is 2.05 bits per heavy atom. The Labute approximate surface area is 114 Å². The van der Waals surface area contributed by atoms with Gasteiger partial charge in [0.25, 0.3) is 0 Å². The normalized spacial score (nSPS) is 23.2. The summed E-state index contributed by atoms with van der Waals surface area (Å²) >= 11 is 0. The third-order valence-electron chi connectivity index (χ3n) is 3.98. The van der Waals surface area contributed by atoms with E-state index < -0.39 is 5.97 Å². The molecule has 1 atom stereocenters. The van der Waals surface area contributed by atoms with E-state index in [1.54, 1.807) is 4.90 Å². The summed E-state index contributed by atoms with van der Waals surface area (Å²) in [6.07, 6.45) is 4.90. The second-order valence-electron chi connectivity index (χ2n) is 5.80. The topological polar surface area (TPSA) is 60.9 Å². The summed E-state index contributed by atoms with van der Waals surface area (Å²) in [6, 6.07) is 0.0414. The fourth-order valence-electron chi connectivity index (χ4n) is 2.70. The molecular weight excluding hydrogens is 244 g/mol. The van der Waals surface area contributed by atoms with Gasteiger partial charge in [-0.1, -0.05) is 6.92 Å². The third-order valence-corrected chi connectivity index (χ3v) is 3.98. The minimum absolute atomic E-state index is 0.0414. The van der Waals surface area contributed by atoms with Crippen molar-refractivity contribution in [1.29, 1.82) is 0 Å². The smallest absolute Gasteiger partial charge is 0.320 e. The van der Waals surface area contributed by atoms with Crippen molar-refractivity contribution in [3.8, 4) is 0 Å². The summed E-state index contributed by atoms with van der Waals surface area (Å²) in [5.41, 5.74) is 0. The molecule has 0 aromatic heterocycles. The molecule has 2 amide bonds. The summed E-state index contributed by atoms with van der Waals surface area (Å²) in [5, 5.41) is 9.08. The molecule has 19 heavy (non-hydrogen) atoms. The molecule has 0 unspecified atom stereocenters. The third kappa shape index (κ3) is 3.85. The maximum Gasteiger partial charge on any atom is 0.320 e. The van der Waals surface area contributed by atoms with Crippen LogP contribution in [0.4, 0.5) is 4.79 Å². The van der Waals surface area contributed by atoms with E-state index in [1.807, 2.05) is 4.90 Å². The Morgan fingerprint density at radius 3 is 2.63 bits per heavy atom. The van der Waals surface area contributed by atoms with E-state index in [9.17, 15) is 9.59 Å². The zero-order valence-electron chi connectivity index (χ0n) is 11.7. The van der Waals surface area contributed by atoms with E-state index in [1.165, 1.54) is 12.8 Å². The van der Waals surface area contributed by atoms with Gasteiger partial charge in [0.05, 0.1) is 5.92 Å². The standard InChI is InChI=1S/C14H24N2O3/c1-2-7-15(9-11-5-6-11)14(19)16-8-3-4-12(10-16)13(17)18/h11-12H,2-10H2,1H3,(H,17,18)/t12-/m0/s1. The van der Waals surface area contributed by atoms with Crippen molar-refractivity contribution in [2.24, 2.45) is 11.8 Å². The van der Waals surface area contributed by atoms with Gasteiger partial charge in [0.15, 0.2) is 0 Å². The van der Waals surface area contributed by atoms with Crippen molar-refractivity contribution >= 4 is 12.0 Å². The molecule has 1 heterocycles. The lowest BCUT2D eigenvalue weighted by Gasteiger charge is -2.35. The Kier molecular flexibility index (Phi) is 4.66. The Balaban J connectivity index is 1.92. The molecule has 1 saturated carbocycles. The van der Waals surface area contributed by atoms with Crippen LogP contribution in [-0.4, -0.2) is 53.1 Å². The fraction of sp³-hybridized carbons (Fsp3) is 0.857. The number of carbonyl (C=O) groups is 2. The van der Waals surface area contributed by atoms with Crippen LogP contribution >= 0.6 is 0 Å². The molecule has 1 aliphatic heterocycles. The van der Waals surface area contributed by atoms with Crippen molar-refractivity contribution < 1.29 is 14.7 Å². The highest BCUT2D eigenvalue weighted by molar-refractivity contribution is 5.76. The van der Waals surface area contributed by atoms with Gasteiger partial charge in [0, 0.05) is 26.2 Å². The average Bonchev–Trinajstić information content (AvgIpc) is 3.21. The molecule has 2 rings (SSSR count). The number of hydrogen-bond acceptors (Lipinski definition) is 2. The summed E-state index contributed by atoms with van der Waals surface area (Å²) in [7, 11) is 0. The number of carboxylic acids is 1. The van der Waals surface area contributed by atoms with Gasteiger partial charge in [-0.15, -0.1) is 0 Å². The van der Waals surface area contributed by atoms with Crippen molar-refractivity contribution in [3.05, 3.63) is 0 Å². The zero-order chi connectivity index (χ0) is 13.8. The number of piperidine rings is 1. The first kappa shape index (κ1) is 14.2. The van der Waals surface area contributed by atoms with E-state index in [0.717, 1.165) is 25.9 Å². The Bertz CT molecular complexity index is 342. The van der Waals surface area contributed by atoms with Crippen LogP contribution in [0, 0.1) is 11.8 Å². The van der Waals surface area contributed by atoms with Gasteiger partial charge in [-0.25, -0.2) is 4.79 Å². The van der Waals surface area contributed by atoms with Gasteiger partial charge >= 0.3 is 12.0 Å². The van der Waals surface area contributed by atoms with Crippen LogP contribution in [0.1, 0.15) is 39.0 Å². The van der Waals surface area contributed by atoms with Gasteiger partial charge in [0.2, 0.25) is 0 Å². The van der Waals surface area contributed by atoms with Crippen LogP contribution < -0.4 is 0 Å². The summed E-state index contributed by atoms with van der Waals surface area (Å²) in [5.74, 6) is -0.487. The van der Waals surface area contributed by atoms with Crippen molar-refractivity contribution in [1.82, 2.24) is 9.80 Å². The molecule has 2 fully saturated rings. The lowest BCUT2D eigenvalue weighted by atomic mass is 9.98. The first-order valence-electron chi connectivity index (χ1n) is 7.38. The first-order valence-corrected chi connectivity index (χ1v) is 7.38. The number of likely N-dealkylation sites (tertiary alicyclic amines) is 1. The van der Waals surface area contributed by atoms with Crippen LogP contribution in [-0.2, 0) is 4.79 Å². The lowest BCUT2D eigenvalue weighted by Crippen LogP contribution is -2.49. The fourth-order valence-corrected chi connectivity index (χ4v) is 2.70. The second-order valence-corrected chi connectivity index (χ2v) is 5.80. The molecule has 0 aromatic carbocycles. The number of carboxylic acid groups (broad SMARTS) is 1. The molecule has 0 bridgehead atoms. The van der Waals surface area contributed by atoms with Crippen LogP contribution in [0.2, 0.25) is 0 Å². The van der Waals surface area contributed by atoms with E-state index >= 15 is 0 Å². The Hall–Kier alpha value is -1.26. The van der Waals surface area contributed by atoms with E-state index in [-0.39, 0.29) is 11.9 Å². The molecule has 0 spiro atoms. The lowest BCUT2D eigenvalue weighted by molar-refractivity contribution is -0.143. The van der Waals surface area contributed by atoms with Crippen molar-refractivity contribution in [3.63, 3.8) is 0 Å². The largest absolute Gasteiger partial charge is 0.481 e. The number of rotatable bonds is 5. The average molecular weight is 268 g/mol. The monoisotopic (exact) mass is 268 g/mol. The predicted molar refractivity (Wildman–Crippen MR) is 71.9 cm³/mol. The number of carbonyl (C=O) groups excluding carboxylic acids is 1. The molecular formula is C14H24N2O3. The van der Waals surface area contributed by atoms with Crippen LogP contribution in [0.15, 0.2) is 0 Å². The Morgan fingerprint density at radius 1 is 1.32 bits per heavy atom. The molecule has 0 aromatic rings. The summed E-state index contributed by atoms with van der Waals surface area (Å²) in [6.45, 7) is 4.78. The van der Waals surface area contributed by atoms with Crippen molar-refractivity contribution in [2.75, 3.05) is 26.2 Å². The van der Waals surface area contributed by atoms with Crippen LogP contribution in [0.5, 0.6) is 0 Å².